The molecule has 0 radical (unpaired) electrons. The molecule has 7 heteroatoms. The van der Waals surface area contributed by atoms with Crippen molar-refractivity contribution in [3.63, 3.8) is 0 Å². The zero-order valence-corrected chi connectivity index (χ0v) is 13.0. The molecule has 2 N–H and O–H groups in total. The molecular formula is C16H22N2O5. The molecule has 0 saturated carbocycles. The largest absolute Gasteiger partial charge is 0.480 e. The summed E-state index contributed by atoms with van der Waals surface area (Å²) in [4.78, 5) is 24.0. The minimum atomic E-state index is -1.04. The Hall–Kier alpha value is -1.89. The maximum absolute atomic E-state index is 12.5. The second-order valence-electron chi connectivity index (χ2n) is 6.26. The number of carboxylic acids is 1. The summed E-state index contributed by atoms with van der Waals surface area (Å²) in [7, 11) is 0. The molecule has 0 aromatic carbocycles. The molecule has 1 fully saturated rings. The van der Waals surface area contributed by atoms with Crippen LogP contribution in [0.15, 0.2) is 4.52 Å². The van der Waals surface area contributed by atoms with Crippen LogP contribution in [0.5, 0.6) is 0 Å². The van der Waals surface area contributed by atoms with Crippen molar-refractivity contribution in [3.8, 4) is 0 Å². The lowest BCUT2D eigenvalue weighted by Gasteiger charge is -2.27. The van der Waals surface area contributed by atoms with Gasteiger partial charge in [-0.1, -0.05) is 11.6 Å². The summed E-state index contributed by atoms with van der Waals surface area (Å²) < 4.78 is 10.6. The number of ether oxygens (including phenoxy) is 1. The van der Waals surface area contributed by atoms with Gasteiger partial charge < -0.3 is 19.7 Å². The molecule has 3 rings (SSSR count). The van der Waals surface area contributed by atoms with Gasteiger partial charge in [0, 0.05) is 24.5 Å². The van der Waals surface area contributed by atoms with Gasteiger partial charge in [0.2, 0.25) is 0 Å². The molecule has 1 amide bonds. The van der Waals surface area contributed by atoms with E-state index in [0.29, 0.717) is 13.2 Å². The van der Waals surface area contributed by atoms with Gasteiger partial charge in [-0.2, -0.15) is 0 Å². The van der Waals surface area contributed by atoms with Crippen molar-refractivity contribution in [1.29, 1.82) is 0 Å². The van der Waals surface area contributed by atoms with Gasteiger partial charge >= 0.3 is 5.97 Å². The van der Waals surface area contributed by atoms with E-state index < -0.39 is 17.9 Å². The third-order valence-electron chi connectivity index (χ3n) is 4.63. The summed E-state index contributed by atoms with van der Waals surface area (Å²) in [5, 5.41) is 15.9. The summed E-state index contributed by atoms with van der Waals surface area (Å²) in [6.45, 7) is 1.00. The van der Waals surface area contributed by atoms with Crippen LogP contribution in [0.4, 0.5) is 0 Å². The zero-order chi connectivity index (χ0) is 16.2. The van der Waals surface area contributed by atoms with Gasteiger partial charge in [0.25, 0.3) is 5.91 Å². The van der Waals surface area contributed by atoms with Crippen LogP contribution >= 0.6 is 0 Å². The molecular weight excluding hydrogens is 300 g/mol. The van der Waals surface area contributed by atoms with Crippen LogP contribution in [0.2, 0.25) is 0 Å². The molecule has 2 heterocycles. The van der Waals surface area contributed by atoms with Crippen LogP contribution in [0.3, 0.4) is 0 Å². The van der Waals surface area contributed by atoms with Crippen LogP contribution in [-0.4, -0.2) is 41.4 Å². The van der Waals surface area contributed by atoms with Gasteiger partial charge in [-0.3, -0.25) is 4.79 Å². The first kappa shape index (κ1) is 16.0. The van der Waals surface area contributed by atoms with E-state index in [9.17, 15) is 14.7 Å². The van der Waals surface area contributed by atoms with Crippen molar-refractivity contribution < 1.29 is 24.0 Å². The Balaban J connectivity index is 1.74. The summed E-state index contributed by atoms with van der Waals surface area (Å²) in [5.41, 5.74) is 1.08. The lowest BCUT2D eigenvalue weighted by molar-refractivity contribution is -0.142. The predicted octanol–water partition coefficient (Wildman–Crippen LogP) is 1.55. The highest BCUT2D eigenvalue weighted by Gasteiger charge is 2.33. The Labute approximate surface area is 134 Å². The Bertz CT molecular complexity index is 577. The topological polar surface area (TPSA) is 102 Å². The smallest absolute Gasteiger partial charge is 0.326 e. The molecule has 2 unspecified atom stereocenters. The molecule has 126 valence electrons. The number of hydrogen-bond acceptors (Lipinski definition) is 5. The van der Waals surface area contributed by atoms with E-state index in [2.05, 4.69) is 10.5 Å². The monoisotopic (exact) mass is 322 g/mol. The Morgan fingerprint density at radius 3 is 2.78 bits per heavy atom. The van der Waals surface area contributed by atoms with Gasteiger partial charge in [0.05, 0.1) is 6.61 Å². The maximum atomic E-state index is 12.5. The molecule has 0 spiro atoms. The van der Waals surface area contributed by atoms with Gasteiger partial charge in [-0.05, 0) is 32.1 Å². The van der Waals surface area contributed by atoms with Gasteiger partial charge in [0.15, 0.2) is 5.69 Å². The number of carboxylic acid groups (broad SMARTS) is 1. The summed E-state index contributed by atoms with van der Waals surface area (Å²) in [6.07, 6.45) is 6.20. The Morgan fingerprint density at radius 2 is 2.04 bits per heavy atom. The summed E-state index contributed by atoms with van der Waals surface area (Å²) >= 11 is 0. The molecule has 1 aromatic heterocycles. The van der Waals surface area contributed by atoms with Crippen molar-refractivity contribution in [2.75, 3.05) is 13.2 Å². The van der Waals surface area contributed by atoms with Crippen molar-refractivity contribution in [3.05, 3.63) is 17.0 Å². The number of hydrogen-bond donors (Lipinski definition) is 2. The minimum Gasteiger partial charge on any atom is -0.480 e. The zero-order valence-electron chi connectivity index (χ0n) is 13.0. The summed E-state index contributed by atoms with van der Waals surface area (Å²) in [5.74, 6) is -0.950. The standard InChI is InChI=1S/C16H22N2O5/c19-15(14-11-6-2-1-3-7-12(11)23-18-14)17-13(16(20)21)10-5-4-8-22-9-10/h10,13H,1-9H2,(H,17,19)(H,20,21). The highest BCUT2D eigenvalue weighted by Crippen LogP contribution is 2.24. The highest BCUT2D eigenvalue weighted by atomic mass is 16.5. The second-order valence-corrected chi connectivity index (χ2v) is 6.26. The third kappa shape index (κ3) is 3.55. The first-order chi connectivity index (χ1) is 11.2. The van der Waals surface area contributed by atoms with Gasteiger partial charge in [0.1, 0.15) is 11.8 Å². The first-order valence-electron chi connectivity index (χ1n) is 8.25. The molecule has 1 saturated heterocycles. The number of nitrogens with one attached hydrogen (secondary N) is 1. The number of fused-ring (bicyclic) bond motifs is 1. The molecule has 0 bridgehead atoms. The average molecular weight is 322 g/mol. The highest BCUT2D eigenvalue weighted by molar-refractivity contribution is 5.96. The predicted molar refractivity (Wildman–Crippen MR) is 80.2 cm³/mol. The molecule has 1 aromatic rings. The van der Waals surface area contributed by atoms with Crippen molar-refractivity contribution in [1.82, 2.24) is 10.5 Å². The number of aryl methyl sites for hydroxylation is 1. The lowest BCUT2D eigenvalue weighted by atomic mass is 9.93. The van der Waals surface area contributed by atoms with Crippen molar-refractivity contribution in [2.45, 2.75) is 51.0 Å². The van der Waals surface area contributed by atoms with Crippen LogP contribution in [0, 0.1) is 5.92 Å². The number of amides is 1. The van der Waals surface area contributed by atoms with E-state index in [-0.39, 0.29) is 11.6 Å². The van der Waals surface area contributed by atoms with E-state index >= 15 is 0 Å². The molecule has 1 aliphatic carbocycles. The van der Waals surface area contributed by atoms with Crippen LogP contribution in [0.25, 0.3) is 0 Å². The number of nitrogens with zero attached hydrogens (tertiary/aromatic N) is 1. The number of carbonyl (C=O) groups is 2. The van der Waals surface area contributed by atoms with Gasteiger partial charge in [-0.25, -0.2) is 4.79 Å². The van der Waals surface area contributed by atoms with E-state index in [0.717, 1.165) is 56.3 Å². The number of rotatable bonds is 4. The maximum Gasteiger partial charge on any atom is 0.326 e. The molecule has 7 nitrogen and oxygen atoms in total. The van der Waals surface area contributed by atoms with E-state index in [1.165, 1.54) is 0 Å². The quantitative estimate of drug-likeness (QED) is 0.816. The molecule has 2 atom stereocenters. The number of aromatic nitrogens is 1. The third-order valence-corrected chi connectivity index (χ3v) is 4.63. The number of carbonyl (C=O) groups excluding carboxylic acids is 1. The van der Waals surface area contributed by atoms with Crippen molar-refractivity contribution >= 4 is 11.9 Å². The first-order valence-corrected chi connectivity index (χ1v) is 8.25. The fourth-order valence-electron chi connectivity index (χ4n) is 3.36. The minimum absolute atomic E-state index is 0.212. The normalized spacial score (nSPS) is 22.7. The van der Waals surface area contributed by atoms with Crippen LogP contribution < -0.4 is 5.32 Å². The Morgan fingerprint density at radius 1 is 1.22 bits per heavy atom. The second kappa shape index (κ2) is 7.12. The van der Waals surface area contributed by atoms with Crippen LogP contribution in [-0.2, 0) is 22.4 Å². The summed E-state index contributed by atoms with van der Waals surface area (Å²) in [6, 6.07) is -0.957. The lowest BCUT2D eigenvalue weighted by Crippen LogP contribution is -2.48. The van der Waals surface area contributed by atoms with E-state index in [4.69, 9.17) is 9.26 Å². The fraction of sp³-hybridized carbons (Fsp3) is 0.688. The van der Waals surface area contributed by atoms with E-state index in [1.54, 1.807) is 0 Å². The molecule has 1 aliphatic heterocycles. The van der Waals surface area contributed by atoms with Gasteiger partial charge in [-0.15, -0.1) is 0 Å². The van der Waals surface area contributed by atoms with Crippen LogP contribution in [0.1, 0.15) is 53.9 Å². The van der Waals surface area contributed by atoms with E-state index in [1.807, 2.05) is 0 Å². The number of aliphatic carboxylic acids is 1. The fourth-order valence-corrected chi connectivity index (χ4v) is 3.36. The Kier molecular flexibility index (Phi) is 4.95. The molecule has 2 aliphatic rings. The molecule has 23 heavy (non-hydrogen) atoms. The average Bonchev–Trinajstić information content (AvgIpc) is 2.82. The van der Waals surface area contributed by atoms with Crippen molar-refractivity contribution in [2.24, 2.45) is 5.92 Å². The SMILES string of the molecule is O=C(NC(C(=O)O)C1CCCOC1)c1noc2c1CCCCC2.